The van der Waals surface area contributed by atoms with Gasteiger partial charge in [0.25, 0.3) is 0 Å². The predicted octanol–water partition coefficient (Wildman–Crippen LogP) is 4.53. The van der Waals surface area contributed by atoms with E-state index in [2.05, 4.69) is 0 Å². The maximum Gasteiger partial charge on any atom is 0.308 e. The van der Waals surface area contributed by atoms with E-state index in [1.54, 1.807) is 24.3 Å². The van der Waals surface area contributed by atoms with Gasteiger partial charge in [-0.25, -0.2) is 0 Å². The summed E-state index contributed by atoms with van der Waals surface area (Å²) in [6.45, 7) is 1.30. The molecule has 0 saturated carbocycles. The molecular formula is C17H10Cl2O4. The molecule has 0 unspecified atom stereocenters. The van der Waals surface area contributed by atoms with Gasteiger partial charge in [-0.1, -0.05) is 35.3 Å². The van der Waals surface area contributed by atoms with Crippen LogP contribution in [0.25, 0.3) is 6.08 Å². The fourth-order valence-electron chi connectivity index (χ4n) is 2.17. The average Bonchev–Trinajstić information content (AvgIpc) is 2.79. The van der Waals surface area contributed by atoms with Crippen LogP contribution in [0.1, 0.15) is 22.8 Å². The molecule has 116 valence electrons. The number of esters is 1. The summed E-state index contributed by atoms with van der Waals surface area (Å²) >= 11 is 12.1. The zero-order chi connectivity index (χ0) is 16.6. The van der Waals surface area contributed by atoms with Gasteiger partial charge in [0, 0.05) is 13.0 Å². The number of ether oxygens (including phenoxy) is 2. The summed E-state index contributed by atoms with van der Waals surface area (Å²) in [5, 5.41) is 0.732. The molecule has 0 radical (unpaired) electrons. The third kappa shape index (κ3) is 3.09. The van der Waals surface area contributed by atoms with E-state index in [4.69, 9.17) is 32.7 Å². The van der Waals surface area contributed by atoms with Crippen molar-refractivity contribution in [3.8, 4) is 11.5 Å². The summed E-state index contributed by atoms with van der Waals surface area (Å²) in [5.41, 5.74) is 0.973. The molecule has 23 heavy (non-hydrogen) atoms. The second kappa shape index (κ2) is 6.07. The molecule has 0 saturated heterocycles. The van der Waals surface area contributed by atoms with Crippen LogP contribution in [0.3, 0.4) is 0 Å². The number of halogens is 2. The van der Waals surface area contributed by atoms with Crippen LogP contribution in [0.15, 0.2) is 42.2 Å². The van der Waals surface area contributed by atoms with Crippen LogP contribution in [0.2, 0.25) is 10.0 Å². The van der Waals surface area contributed by atoms with Gasteiger partial charge in [-0.2, -0.15) is 0 Å². The van der Waals surface area contributed by atoms with Crippen LogP contribution in [-0.4, -0.2) is 11.8 Å². The molecule has 6 heteroatoms. The highest BCUT2D eigenvalue weighted by Gasteiger charge is 2.28. The number of hydrogen-bond acceptors (Lipinski definition) is 4. The summed E-state index contributed by atoms with van der Waals surface area (Å²) in [6, 6.07) is 9.70. The lowest BCUT2D eigenvalue weighted by atomic mass is 10.1. The molecule has 3 rings (SSSR count). The normalized spacial score (nSPS) is 14.6. The zero-order valence-electron chi connectivity index (χ0n) is 11.9. The topological polar surface area (TPSA) is 52.6 Å². The van der Waals surface area contributed by atoms with Gasteiger partial charge in [-0.3, -0.25) is 9.59 Å². The Hall–Kier alpha value is -2.30. The van der Waals surface area contributed by atoms with Gasteiger partial charge in [-0.05, 0) is 29.8 Å². The largest absolute Gasteiger partial charge is 0.452 e. The standard InChI is InChI=1S/C17H10Cl2O4/c1-9(20)22-11-5-6-12-14(8-11)23-15(17(12)21)7-10-3-2-4-13(18)16(10)19/h2-8H,1H3. The van der Waals surface area contributed by atoms with Crippen molar-refractivity contribution in [2.45, 2.75) is 6.92 Å². The minimum absolute atomic E-state index is 0.129. The van der Waals surface area contributed by atoms with Gasteiger partial charge in [0.15, 0.2) is 5.76 Å². The number of rotatable bonds is 2. The lowest BCUT2D eigenvalue weighted by Crippen LogP contribution is -2.01. The number of hydrogen-bond donors (Lipinski definition) is 0. The molecule has 0 amide bonds. The lowest BCUT2D eigenvalue weighted by Gasteiger charge is -2.03. The average molecular weight is 349 g/mol. The van der Waals surface area contributed by atoms with Gasteiger partial charge in [-0.15, -0.1) is 0 Å². The highest BCUT2D eigenvalue weighted by atomic mass is 35.5. The molecule has 1 aliphatic heterocycles. The Morgan fingerprint density at radius 3 is 2.74 bits per heavy atom. The number of allylic oxidation sites excluding steroid dienone is 1. The van der Waals surface area contributed by atoms with Crippen molar-refractivity contribution in [3.63, 3.8) is 0 Å². The van der Waals surface area contributed by atoms with Gasteiger partial charge in [0.05, 0.1) is 15.6 Å². The lowest BCUT2D eigenvalue weighted by molar-refractivity contribution is -0.131. The first-order valence-corrected chi connectivity index (χ1v) is 7.42. The summed E-state index contributed by atoms with van der Waals surface area (Å²) in [5.74, 6) is 0.0505. The number of carbonyl (C=O) groups is 2. The molecule has 0 aromatic heterocycles. The van der Waals surface area contributed by atoms with E-state index in [0.717, 1.165) is 0 Å². The molecule has 0 atom stereocenters. The molecule has 2 aromatic carbocycles. The Morgan fingerprint density at radius 2 is 2.00 bits per heavy atom. The molecular weight excluding hydrogens is 339 g/mol. The molecule has 1 aliphatic rings. The van der Waals surface area contributed by atoms with Gasteiger partial charge < -0.3 is 9.47 Å². The van der Waals surface area contributed by atoms with Crippen LogP contribution in [0, 0.1) is 0 Å². The third-order valence-corrected chi connectivity index (χ3v) is 4.00. The van der Waals surface area contributed by atoms with Crippen molar-refractivity contribution < 1.29 is 19.1 Å². The van der Waals surface area contributed by atoms with E-state index in [0.29, 0.717) is 32.7 Å². The third-order valence-electron chi connectivity index (χ3n) is 3.17. The van der Waals surface area contributed by atoms with Crippen molar-refractivity contribution in [1.82, 2.24) is 0 Å². The molecule has 2 aromatic rings. The maximum absolute atomic E-state index is 12.4. The van der Waals surface area contributed by atoms with E-state index in [1.165, 1.54) is 25.1 Å². The van der Waals surface area contributed by atoms with Crippen molar-refractivity contribution in [2.75, 3.05) is 0 Å². The Morgan fingerprint density at radius 1 is 1.22 bits per heavy atom. The summed E-state index contributed by atoms with van der Waals surface area (Å²) < 4.78 is 10.5. The monoisotopic (exact) mass is 348 g/mol. The molecule has 0 bridgehead atoms. The van der Waals surface area contributed by atoms with Crippen molar-refractivity contribution >= 4 is 41.0 Å². The molecule has 0 aliphatic carbocycles. The fourth-order valence-corrected chi connectivity index (χ4v) is 2.53. The smallest absolute Gasteiger partial charge is 0.308 e. The van der Waals surface area contributed by atoms with E-state index < -0.39 is 5.97 Å². The van der Waals surface area contributed by atoms with E-state index in [9.17, 15) is 9.59 Å². The first-order chi connectivity index (χ1) is 11.0. The van der Waals surface area contributed by atoms with Crippen LogP contribution in [0.5, 0.6) is 11.5 Å². The van der Waals surface area contributed by atoms with Crippen LogP contribution >= 0.6 is 23.2 Å². The van der Waals surface area contributed by atoms with Crippen LogP contribution in [-0.2, 0) is 4.79 Å². The Bertz CT molecular complexity index is 856. The number of Topliss-reactive ketones (excluding diaryl/α,β-unsaturated/α-hetero) is 1. The molecule has 0 spiro atoms. The quantitative estimate of drug-likeness (QED) is 0.454. The molecule has 1 heterocycles. The Labute approximate surface area is 142 Å². The minimum Gasteiger partial charge on any atom is -0.452 e. The highest BCUT2D eigenvalue weighted by molar-refractivity contribution is 6.43. The highest BCUT2D eigenvalue weighted by Crippen LogP contribution is 2.36. The van der Waals surface area contributed by atoms with E-state index >= 15 is 0 Å². The van der Waals surface area contributed by atoms with Gasteiger partial charge >= 0.3 is 5.97 Å². The van der Waals surface area contributed by atoms with Crippen LogP contribution < -0.4 is 9.47 Å². The van der Waals surface area contributed by atoms with Crippen molar-refractivity contribution in [1.29, 1.82) is 0 Å². The number of fused-ring (bicyclic) bond motifs is 1. The fraction of sp³-hybridized carbons (Fsp3) is 0.0588. The summed E-state index contributed by atoms with van der Waals surface area (Å²) in [4.78, 5) is 23.3. The van der Waals surface area contributed by atoms with E-state index in [-0.39, 0.29) is 11.5 Å². The Balaban J connectivity index is 1.95. The SMILES string of the molecule is CC(=O)Oc1ccc2c(c1)OC(=Cc1cccc(Cl)c1Cl)C2=O. The first-order valence-electron chi connectivity index (χ1n) is 6.66. The molecule has 0 fully saturated rings. The second-order valence-electron chi connectivity index (χ2n) is 4.83. The summed E-state index contributed by atoms with van der Waals surface area (Å²) in [6.07, 6.45) is 1.53. The van der Waals surface area contributed by atoms with Crippen molar-refractivity contribution in [3.05, 3.63) is 63.3 Å². The number of carbonyl (C=O) groups excluding carboxylic acids is 2. The van der Waals surface area contributed by atoms with Crippen molar-refractivity contribution in [2.24, 2.45) is 0 Å². The maximum atomic E-state index is 12.4. The van der Waals surface area contributed by atoms with Gasteiger partial charge in [0.1, 0.15) is 11.5 Å². The summed E-state index contributed by atoms with van der Waals surface area (Å²) in [7, 11) is 0. The second-order valence-corrected chi connectivity index (χ2v) is 5.62. The van der Waals surface area contributed by atoms with E-state index in [1.807, 2.05) is 0 Å². The number of benzene rings is 2. The molecule has 0 N–H and O–H groups in total. The van der Waals surface area contributed by atoms with Gasteiger partial charge in [0.2, 0.25) is 5.78 Å². The number of ketones is 1. The predicted molar refractivity (Wildman–Crippen MR) is 87.1 cm³/mol. The Kier molecular flexibility index (Phi) is 4.11. The molecule has 4 nitrogen and oxygen atoms in total. The van der Waals surface area contributed by atoms with Crippen LogP contribution in [0.4, 0.5) is 0 Å². The first kappa shape index (κ1) is 15.6. The zero-order valence-corrected chi connectivity index (χ0v) is 13.4. The minimum atomic E-state index is -0.448.